The third kappa shape index (κ3) is 3.77. The molecule has 0 aliphatic carbocycles. The maximum Gasteiger partial charge on any atom is 0.257 e. The van der Waals surface area contributed by atoms with E-state index in [1.807, 2.05) is 42.2 Å². The fraction of sp³-hybridized carbons (Fsp3) is 0.136. The molecule has 1 amide bonds. The van der Waals surface area contributed by atoms with E-state index in [1.165, 1.54) is 0 Å². The van der Waals surface area contributed by atoms with E-state index in [0.29, 0.717) is 28.0 Å². The number of aromatic nitrogens is 1. The van der Waals surface area contributed by atoms with Crippen LogP contribution in [0.4, 0.5) is 11.5 Å². The van der Waals surface area contributed by atoms with Crippen molar-refractivity contribution in [2.45, 2.75) is 19.9 Å². The molecule has 0 bridgehead atoms. The van der Waals surface area contributed by atoms with Crippen LogP contribution < -0.4 is 15.5 Å². The molecule has 0 unspecified atom stereocenters. The summed E-state index contributed by atoms with van der Waals surface area (Å²) >= 11 is 5.63. The van der Waals surface area contributed by atoms with Crippen LogP contribution in [-0.4, -0.2) is 21.3 Å². The van der Waals surface area contributed by atoms with Gasteiger partial charge in [0.05, 0.1) is 11.6 Å². The number of phenolic OH excluding ortho intramolecular Hbond substituents is 1. The number of rotatable bonds is 4. The van der Waals surface area contributed by atoms with E-state index < -0.39 is 6.04 Å². The van der Waals surface area contributed by atoms with Crippen molar-refractivity contribution in [3.8, 4) is 5.75 Å². The Hall–Kier alpha value is -3.65. The molecule has 2 heterocycles. The van der Waals surface area contributed by atoms with Gasteiger partial charge in [0, 0.05) is 17.5 Å². The predicted octanol–water partition coefficient (Wildman–Crippen LogP) is 4.04. The SMILES string of the molecule is CC1=C(C(=O)Nc2cc(C)on2)[C@H](c2ccc(O)cc2)NC(=S)N1c1ccccc1. The van der Waals surface area contributed by atoms with Gasteiger partial charge in [-0.1, -0.05) is 35.5 Å². The fourth-order valence-electron chi connectivity index (χ4n) is 3.45. The van der Waals surface area contributed by atoms with E-state index in [0.717, 1.165) is 11.3 Å². The Morgan fingerprint density at radius 3 is 2.50 bits per heavy atom. The average Bonchev–Trinajstić information content (AvgIpc) is 3.13. The first-order valence-corrected chi connectivity index (χ1v) is 9.75. The van der Waals surface area contributed by atoms with Crippen LogP contribution in [0, 0.1) is 6.92 Å². The highest BCUT2D eigenvalue weighted by Gasteiger charge is 2.34. The Balaban J connectivity index is 1.80. The smallest absolute Gasteiger partial charge is 0.257 e. The fourth-order valence-corrected chi connectivity index (χ4v) is 3.81. The number of hydrogen-bond acceptors (Lipinski definition) is 5. The normalized spacial score (nSPS) is 16.4. The zero-order valence-electron chi connectivity index (χ0n) is 16.4. The number of nitrogens with zero attached hydrogens (tertiary/aromatic N) is 2. The summed E-state index contributed by atoms with van der Waals surface area (Å²) in [5.41, 5.74) is 2.82. The standard InChI is InChI=1S/C22H20N4O3S/c1-13-12-18(25-29-13)23-21(28)19-14(2)26(16-6-4-3-5-7-16)22(30)24-20(19)15-8-10-17(27)11-9-15/h3-12,20,27H,1-2H3,(H,24,30)(H,23,25,28)/t20-/m0/s1. The van der Waals surface area contributed by atoms with Gasteiger partial charge < -0.3 is 20.3 Å². The van der Waals surface area contributed by atoms with Gasteiger partial charge in [0.15, 0.2) is 10.9 Å². The number of nitrogens with one attached hydrogen (secondary N) is 2. The molecule has 8 heteroatoms. The lowest BCUT2D eigenvalue weighted by Gasteiger charge is -2.37. The predicted molar refractivity (Wildman–Crippen MR) is 118 cm³/mol. The zero-order valence-corrected chi connectivity index (χ0v) is 17.2. The van der Waals surface area contributed by atoms with Crippen molar-refractivity contribution >= 4 is 34.7 Å². The van der Waals surface area contributed by atoms with Crippen molar-refractivity contribution < 1.29 is 14.4 Å². The molecule has 0 saturated heterocycles. The van der Waals surface area contributed by atoms with Crippen LogP contribution in [0.5, 0.6) is 5.75 Å². The summed E-state index contributed by atoms with van der Waals surface area (Å²) in [7, 11) is 0. The molecule has 1 aliphatic heterocycles. The highest BCUT2D eigenvalue weighted by atomic mass is 32.1. The molecular weight excluding hydrogens is 400 g/mol. The molecule has 152 valence electrons. The van der Waals surface area contributed by atoms with E-state index in [9.17, 15) is 9.90 Å². The van der Waals surface area contributed by atoms with Gasteiger partial charge >= 0.3 is 0 Å². The van der Waals surface area contributed by atoms with Gasteiger partial charge in [0.1, 0.15) is 11.5 Å². The number of phenols is 1. The number of carbonyl (C=O) groups excluding carboxylic acids is 1. The second kappa shape index (κ2) is 8.00. The summed E-state index contributed by atoms with van der Waals surface area (Å²) in [5.74, 6) is 0.754. The molecule has 3 N–H and O–H groups in total. The molecule has 7 nitrogen and oxygen atoms in total. The summed E-state index contributed by atoms with van der Waals surface area (Å²) in [6, 6.07) is 17.4. The molecule has 0 radical (unpaired) electrons. The van der Waals surface area contributed by atoms with Crippen molar-refractivity contribution in [2.24, 2.45) is 0 Å². The number of thiocarbonyl (C=S) groups is 1. The quantitative estimate of drug-likeness (QED) is 0.549. The molecule has 0 fully saturated rings. The van der Waals surface area contributed by atoms with Crippen molar-refractivity contribution in [1.29, 1.82) is 0 Å². The van der Waals surface area contributed by atoms with Crippen molar-refractivity contribution in [3.05, 3.63) is 83.3 Å². The molecule has 3 aromatic rings. The van der Waals surface area contributed by atoms with E-state index in [1.54, 1.807) is 37.3 Å². The summed E-state index contributed by atoms with van der Waals surface area (Å²) in [4.78, 5) is 15.1. The monoisotopic (exact) mass is 420 g/mol. The largest absolute Gasteiger partial charge is 0.508 e. The second-order valence-corrected chi connectivity index (χ2v) is 7.31. The molecule has 1 aromatic heterocycles. The first kappa shape index (κ1) is 19.7. The topological polar surface area (TPSA) is 90.6 Å². The van der Waals surface area contributed by atoms with Gasteiger partial charge in [-0.15, -0.1) is 0 Å². The van der Waals surface area contributed by atoms with Gasteiger partial charge in [-0.25, -0.2) is 0 Å². The summed E-state index contributed by atoms with van der Waals surface area (Å²) in [6.07, 6.45) is 0. The number of para-hydroxylation sites is 1. The number of allylic oxidation sites excluding steroid dienone is 1. The molecular formula is C22H20N4O3S. The summed E-state index contributed by atoms with van der Waals surface area (Å²) in [5, 5.41) is 20.1. The Morgan fingerprint density at radius 1 is 1.17 bits per heavy atom. The minimum Gasteiger partial charge on any atom is -0.508 e. The lowest BCUT2D eigenvalue weighted by molar-refractivity contribution is -0.113. The molecule has 0 spiro atoms. The highest BCUT2D eigenvalue weighted by Crippen LogP contribution is 2.34. The van der Waals surface area contributed by atoms with E-state index in [2.05, 4.69) is 15.8 Å². The van der Waals surface area contributed by atoms with Crippen molar-refractivity contribution in [1.82, 2.24) is 10.5 Å². The number of aryl methyl sites for hydroxylation is 1. The van der Waals surface area contributed by atoms with Crippen LogP contribution in [0.1, 0.15) is 24.3 Å². The summed E-state index contributed by atoms with van der Waals surface area (Å²) in [6.45, 7) is 3.61. The summed E-state index contributed by atoms with van der Waals surface area (Å²) < 4.78 is 5.06. The van der Waals surface area contributed by atoms with Gasteiger partial charge in [-0.05, 0) is 55.9 Å². The number of benzene rings is 2. The maximum absolute atomic E-state index is 13.3. The van der Waals surface area contributed by atoms with Crippen molar-refractivity contribution in [2.75, 3.05) is 10.2 Å². The number of amides is 1. The van der Waals surface area contributed by atoms with Crippen LogP contribution in [-0.2, 0) is 4.79 Å². The van der Waals surface area contributed by atoms with Crippen LogP contribution >= 0.6 is 12.2 Å². The van der Waals surface area contributed by atoms with Gasteiger partial charge in [-0.2, -0.15) is 0 Å². The Morgan fingerprint density at radius 2 is 1.87 bits per heavy atom. The lowest BCUT2D eigenvalue weighted by Crippen LogP contribution is -2.48. The number of carbonyl (C=O) groups is 1. The van der Waals surface area contributed by atoms with E-state index in [-0.39, 0.29) is 11.7 Å². The van der Waals surface area contributed by atoms with E-state index in [4.69, 9.17) is 16.7 Å². The first-order valence-electron chi connectivity index (χ1n) is 9.34. The maximum atomic E-state index is 13.3. The van der Waals surface area contributed by atoms with Gasteiger partial charge in [0.25, 0.3) is 5.91 Å². The van der Waals surface area contributed by atoms with Gasteiger partial charge in [0.2, 0.25) is 0 Å². The van der Waals surface area contributed by atoms with Gasteiger partial charge in [-0.3, -0.25) is 9.69 Å². The zero-order chi connectivity index (χ0) is 21.3. The number of anilines is 2. The van der Waals surface area contributed by atoms with Crippen LogP contribution in [0.3, 0.4) is 0 Å². The first-order chi connectivity index (χ1) is 14.4. The molecule has 4 rings (SSSR count). The third-order valence-corrected chi connectivity index (χ3v) is 5.14. The molecule has 30 heavy (non-hydrogen) atoms. The minimum atomic E-state index is -0.494. The third-order valence-electron chi connectivity index (χ3n) is 4.84. The number of aromatic hydroxyl groups is 1. The molecule has 2 aromatic carbocycles. The Kier molecular flexibility index (Phi) is 5.24. The van der Waals surface area contributed by atoms with E-state index >= 15 is 0 Å². The lowest BCUT2D eigenvalue weighted by atomic mass is 9.94. The highest BCUT2D eigenvalue weighted by molar-refractivity contribution is 7.80. The van der Waals surface area contributed by atoms with Crippen LogP contribution in [0.25, 0.3) is 0 Å². The number of hydrogen-bond donors (Lipinski definition) is 3. The molecule has 1 atom stereocenters. The van der Waals surface area contributed by atoms with Crippen LogP contribution in [0.15, 0.2) is 76.5 Å². The Labute approximate surface area is 179 Å². The van der Waals surface area contributed by atoms with Crippen molar-refractivity contribution in [3.63, 3.8) is 0 Å². The average molecular weight is 420 g/mol. The van der Waals surface area contributed by atoms with Crippen LogP contribution in [0.2, 0.25) is 0 Å². The molecule has 0 saturated carbocycles. The Bertz CT molecular complexity index is 1120. The molecule has 1 aliphatic rings. The minimum absolute atomic E-state index is 0.146. The second-order valence-electron chi connectivity index (χ2n) is 6.92.